The van der Waals surface area contributed by atoms with Crippen LogP contribution in [0.2, 0.25) is 0 Å². The third-order valence-electron chi connectivity index (χ3n) is 3.43. The largest absolute Gasteiger partial charge is 0.478 e. The molecular weight excluding hydrogens is 276 g/mol. The van der Waals surface area contributed by atoms with E-state index in [1.165, 1.54) is 12.1 Å². The standard InChI is InChI=1S/C16H11F2NO2/c1-9-8-19(11-3-4-13(17)14(18)7-11)15-5-2-10(16(20)21)6-12(9)15/h2-8H,1H3,(H,20,21). The molecule has 0 radical (unpaired) electrons. The number of aryl methyl sites for hydroxylation is 1. The van der Waals surface area contributed by atoms with E-state index in [9.17, 15) is 13.6 Å². The molecule has 0 spiro atoms. The number of hydrogen-bond donors (Lipinski definition) is 1. The lowest BCUT2D eigenvalue weighted by molar-refractivity contribution is 0.0697. The second kappa shape index (κ2) is 4.70. The molecule has 0 bridgehead atoms. The van der Waals surface area contributed by atoms with Gasteiger partial charge in [-0.15, -0.1) is 0 Å². The summed E-state index contributed by atoms with van der Waals surface area (Å²) in [6.07, 6.45) is 1.77. The number of fused-ring (bicyclic) bond motifs is 1. The van der Waals surface area contributed by atoms with Gasteiger partial charge >= 0.3 is 5.97 Å². The van der Waals surface area contributed by atoms with Gasteiger partial charge in [0.15, 0.2) is 11.6 Å². The van der Waals surface area contributed by atoms with E-state index in [4.69, 9.17) is 5.11 Å². The molecular formula is C16H11F2NO2. The second-order valence-electron chi connectivity index (χ2n) is 4.82. The Morgan fingerprint density at radius 3 is 2.52 bits per heavy atom. The average Bonchev–Trinajstić information content (AvgIpc) is 2.79. The summed E-state index contributed by atoms with van der Waals surface area (Å²) < 4.78 is 28.1. The van der Waals surface area contributed by atoms with Gasteiger partial charge in [-0.25, -0.2) is 13.6 Å². The van der Waals surface area contributed by atoms with Crippen molar-refractivity contribution in [2.24, 2.45) is 0 Å². The molecule has 21 heavy (non-hydrogen) atoms. The summed E-state index contributed by atoms with van der Waals surface area (Å²) >= 11 is 0. The SMILES string of the molecule is Cc1cn(-c2ccc(F)c(F)c2)c2ccc(C(=O)O)cc12. The molecule has 1 aromatic heterocycles. The third kappa shape index (κ3) is 2.16. The first kappa shape index (κ1) is 13.3. The first-order valence-corrected chi connectivity index (χ1v) is 6.28. The molecule has 1 N–H and O–H groups in total. The molecule has 0 fully saturated rings. The van der Waals surface area contributed by atoms with Crippen LogP contribution in [0.15, 0.2) is 42.6 Å². The van der Waals surface area contributed by atoms with E-state index in [1.807, 2.05) is 6.92 Å². The summed E-state index contributed by atoms with van der Waals surface area (Å²) in [7, 11) is 0. The molecule has 0 aliphatic carbocycles. The Balaban J connectivity index is 2.24. The van der Waals surface area contributed by atoms with E-state index in [1.54, 1.807) is 22.9 Å². The van der Waals surface area contributed by atoms with Crippen molar-refractivity contribution in [1.82, 2.24) is 4.57 Å². The minimum Gasteiger partial charge on any atom is -0.478 e. The summed E-state index contributed by atoms with van der Waals surface area (Å²) in [4.78, 5) is 11.0. The topological polar surface area (TPSA) is 42.2 Å². The molecule has 3 rings (SSSR count). The Labute approximate surface area is 119 Å². The van der Waals surface area contributed by atoms with Crippen molar-refractivity contribution in [2.45, 2.75) is 6.92 Å². The molecule has 0 unspecified atom stereocenters. The van der Waals surface area contributed by atoms with Crippen LogP contribution in [0.4, 0.5) is 8.78 Å². The van der Waals surface area contributed by atoms with Gasteiger partial charge in [-0.1, -0.05) is 0 Å². The van der Waals surface area contributed by atoms with E-state index in [-0.39, 0.29) is 5.56 Å². The number of halogens is 2. The van der Waals surface area contributed by atoms with Gasteiger partial charge in [-0.2, -0.15) is 0 Å². The zero-order valence-corrected chi connectivity index (χ0v) is 11.1. The van der Waals surface area contributed by atoms with Gasteiger partial charge in [0.2, 0.25) is 0 Å². The van der Waals surface area contributed by atoms with Gasteiger partial charge in [0.05, 0.1) is 11.1 Å². The van der Waals surface area contributed by atoms with Gasteiger partial charge in [0.25, 0.3) is 0 Å². The molecule has 0 amide bonds. The number of aromatic nitrogens is 1. The fourth-order valence-corrected chi connectivity index (χ4v) is 2.38. The molecule has 1 heterocycles. The third-order valence-corrected chi connectivity index (χ3v) is 3.43. The first-order valence-electron chi connectivity index (χ1n) is 6.28. The van der Waals surface area contributed by atoms with Crippen LogP contribution in [0.25, 0.3) is 16.6 Å². The number of benzene rings is 2. The van der Waals surface area contributed by atoms with Crippen LogP contribution in [0.3, 0.4) is 0 Å². The van der Waals surface area contributed by atoms with Gasteiger partial charge in [0, 0.05) is 23.3 Å². The number of carbonyl (C=O) groups is 1. The predicted octanol–water partition coefficient (Wildman–Crippen LogP) is 3.92. The number of hydrogen-bond acceptors (Lipinski definition) is 1. The Morgan fingerprint density at radius 1 is 1.10 bits per heavy atom. The first-order chi connectivity index (χ1) is 9.97. The summed E-state index contributed by atoms with van der Waals surface area (Å²) in [6, 6.07) is 8.37. The number of carboxylic acid groups (broad SMARTS) is 1. The van der Waals surface area contributed by atoms with Crippen LogP contribution in [0, 0.1) is 18.6 Å². The highest BCUT2D eigenvalue weighted by Gasteiger charge is 2.12. The van der Waals surface area contributed by atoms with Gasteiger partial charge < -0.3 is 9.67 Å². The highest BCUT2D eigenvalue weighted by Crippen LogP contribution is 2.26. The molecule has 3 aromatic rings. The molecule has 0 aliphatic rings. The highest BCUT2D eigenvalue weighted by atomic mass is 19.2. The maximum absolute atomic E-state index is 13.4. The van der Waals surface area contributed by atoms with Gasteiger partial charge in [-0.3, -0.25) is 0 Å². The van der Waals surface area contributed by atoms with Crippen LogP contribution in [-0.4, -0.2) is 15.6 Å². The molecule has 0 atom stereocenters. The average molecular weight is 287 g/mol. The monoisotopic (exact) mass is 287 g/mol. The van der Waals surface area contributed by atoms with Crippen molar-refractivity contribution in [3.8, 4) is 5.69 Å². The van der Waals surface area contributed by atoms with E-state index in [0.29, 0.717) is 5.69 Å². The number of aromatic carboxylic acids is 1. The zero-order chi connectivity index (χ0) is 15.1. The number of nitrogens with zero attached hydrogens (tertiary/aromatic N) is 1. The fourth-order valence-electron chi connectivity index (χ4n) is 2.38. The second-order valence-corrected chi connectivity index (χ2v) is 4.82. The molecule has 0 saturated heterocycles. The summed E-state index contributed by atoms with van der Waals surface area (Å²) in [5, 5.41) is 9.79. The summed E-state index contributed by atoms with van der Waals surface area (Å²) in [6.45, 7) is 1.84. The molecule has 0 aliphatic heterocycles. The molecule has 5 heteroatoms. The Morgan fingerprint density at radius 2 is 1.86 bits per heavy atom. The van der Waals surface area contributed by atoms with Gasteiger partial charge in [0.1, 0.15) is 0 Å². The Kier molecular flexibility index (Phi) is 2.97. The van der Waals surface area contributed by atoms with Crippen LogP contribution in [0.1, 0.15) is 15.9 Å². The lowest BCUT2D eigenvalue weighted by Gasteiger charge is -2.06. The van der Waals surface area contributed by atoms with Crippen molar-refractivity contribution in [1.29, 1.82) is 0 Å². The Hall–Kier alpha value is -2.69. The maximum atomic E-state index is 13.4. The van der Waals surface area contributed by atoms with Crippen LogP contribution >= 0.6 is 0 Å². The minimum absolute atomic E-state index is 0.189. The van der Waals surface area contributed by atoms with Gasteiger partial charge in [-0.05, 0) is 42.8 Å². The van der Waals surface area contributed by atoms with Crippen molar-refractivity contribution < 1.29 is 18.7 Å². The molecule has 3 nitrogen and oxygen atoms in total. The molecule has 0 saturated carbocycles. The van der Waals surface area contributed by atoms with E-state index >= 15 is 0 Å². The van der Waals surface area contributed by atoms with E-state index < -0.39 is 17.6 Å². The predicted molar refractivity (Wildman–Crippen MR) is 74.9 cm³/mol. The summed E-state index contributed by atoms with van der Waals surface area (Å²) in [5.41, 5.74) is 2.27. The van der Waals surface area contributed by atoms with E-state index in [2.05, 4.69) is 0 Å². The zero-order valence-electron chi connectivity index (χ0n) is 11.1. The lowest BCUT2D eigenvalue weighted by Crippen LogP contribution is -1.97. The normalized spacial score (nSPS) is 11.0. The van der Waals surface area contributed by atoms with Crippen molar-refractivity contribution in [2.75, 3.05) is 0 Å². The van der Waals surface area contributed by atoms with E-state index in [0.717, 1.165) is 28.6 Å². The van der Waals surface area contributed by atoms with Crippen molar-refractivity contribution >= 4 is 16.9 Å². The van der Waals surface area contributed by atoms with Crippen LogP contribution < -0.4 is 0 Å². The van der Waals surface area contributed by atoms with Crippen LogP contribution in [0.5, 0.6) is 0 Å². The number of carboxylic acids is 1. The molecule has 106 valence electrons. The van der Waals surface area contributed by atoms with Crippen molar-refractivity contribution in [3.63, 3.8) is 0 Å². The molecule has 2 aromatic carbocycles. The minimum atomic E-state index is -1.00. The quantitative estimate of drug-likeness (QED) is 0.776. The summed E-state index contributed by atoms with van der Waals surface area (Å²) in [5.74, 6) is -2.83. The smallest absolute Gasteiger partial charge is 0.335 e. The fraction of sp³-hybridized carbons (Fsp3) is 0.0625. The Bertz CT molecular complexity index is 868. The van der Waals surface area contributed by atoms with Crippen molar-refractivity contribution in [3.05, 3.63) is 65.4 Å². The number of rotatable bonds is 2. The lowest BCUT2D eigenvalue weighted by atomic mass is 10.1. The van der Waals surface area contributed by atoms with Crippen LogP contribution in [-0.2, 0) is 0 Å². The highest BCUT2D eigenvalue weighted by molar-refractivity contribution is 5.95. The maximum Gasteiger partial charge on any atom is 0.335 e.